The van der Waals surface area contributed by atoms with Crippen LogP contribution >= 0.6 is 0 Å². The van der Waals surface area contributed by atoms with Gasteiger partial charge in [-0.25, -0.2) is 0 Å². The second kappa shape index (κ2) is 10.2. The number of hydrogen-bond acceptors (Lipinski definition) is 4. The molecule has 0 fully saturated rings. The lowest BCUT2D eigenvalue weighted by molar-refractivity contribution is -0.143. The zero-order valence-corrected chi connectivity index (χ0v) is 14.1. The summed E-state index contributed by atoms with van der Waals surface area (Å²) in [6.07, 6.45) is 1.85. The highest BCUT2D eigenvalue weighted by atomic mass is 16.7. The van der Waals surface area contributed by atoms with Crippen LogP contribution in [0.2, 0.25) is 0 Å². The molecule has 22 heavy (non-hydrogen) atoms. The number of ether oxygens (including phenoxy) is 3. The van der Waals surface area contributed by atoms with Crippen LogP contribution in [-0.4, -0.2) is 25.5 Å². The molecule has 0 bridgehead atoms. The molecular weight excluding hydrogens is 280 g/mol. The molecule has 4 heteroatoms. The summed E-state index contributed by atoms with van der Waals surface area (Å²) in [6.45, 7) is 9.14. The molecule has 0 aliphatic rings. The van der Waals surface area contributed by atoms with Crippen molar-refractivity contribution >= 4 is 5.97 Å². The third-order valence-electron chi connectivity index (χ3n) is 3.19. The van der Waals surface area contributed by atoms with E-state index in [-0.39, 0.29) is 18.7 Å². The van der Waals surface area contributed by atoms with E-state index in [1.54, 1.807) is 0 Å². The minimum absolute atomic E-state index is 0.219. The minimum Gasteiger partial charge on any atom is -0.465 e. The maximum atomic E-state index is 11.9. The monoisotopic (exact) mass is 308 g/mol. The van der Waals surface area contributed by atoms with Crippen molar-refractivity contribution in [2.45, 2.75) is 53.2 Å². The summed E-state index contributed by atoms with van der Waals surface area (Å²) >= 11 is 0. The first-order valence-corrected chi connectivity index (χ1v) is 8.04. The summed E-state index contributed by atoms with van der Waals surface area (Å²) in [4.78, 5) is 11.9. The van der Waals surface area contributed by atoms with Crippen LogP contribution < -0.4 is 4.74 Å². The standard InChI is InChI=1S/C18H28O4/c1-5-20-15(4)22-17-11-7-6-10-16(17)13-18(19)21-12-8-9-14(2)3/h6-7,10-11,14-15H,5,8-9,12-13H2,1-4H3. The minimum atomic E-state index is -0.340. The second-order valence-corrected chi connectivity index (χ2v) is 5.68. The summed E-state index contributed by atoms with van der Waals surface area (Å²) in [6, 6.07) is 7.49. The SMILES string of the molecule is CCOC(C)Oc1ccccc1CC(=O)OCCCC(C)C. The number of benzene rings is 1. The van der Waals surface area contributed by atoms with Gasteiger partial charge in [0, 0.05) is 12.2 Å². The molecule has 0 N–H and O–H groups in total. The van der Waals surface area contributed by atoms with E-state index in [9.17, 15) is 4.79 Å². The van der Waals surface area contributed by atoms with E-state index in [4.69, 9.17) is 14.2 Å². The molecule has 0 amide bonds. The topological polar surface area (TPSA) is 44.8 Å². The number of esters is 1. The fourth-order valence-corrected chi connectivity index (χ4v) is 2.10. The fraction of sp³-hybridized carbons (Fsp3) is 0.611. The highest BCUT2D eigenvalue weighted by Crippen LogP contribution is 2.20. The second-order valence-electron chi connectivity index (χ2n) is 5.68. The molecule has 0 aliphatic carbocycles. The molecule has 0 saturated carbocycles. The molecule has 0 spiro atoms. The first-order chi connectivity index (χ1) is 10.5. The Morgan fingerprint density at radius 3 is 2.59 bits per heavy atom. The van der Waals surface area contributed by atoms with Gasteiger partial charge in [-0.3, -0.25) is 4.79 Å². The molecule has 4 nitrogen and oxygen atoms in total. The van der Waals surface area contributed by atoms with Crippen LogP contribution in [0.25, 0.3) is 0 Å². The maximum absolute atomic E-state index is 11.9. The molecule has 0 aliphatic heterocycles. The van der Waals surface area contributed by atoms with Gasteiger partial charge in [0.05, 0.1) is 13.0 Å². The predicted molar refractivity (Wildman–Crippen MR) is 86.9 cm³/mol. The van der Waals surface area contributed by atoms with Crippen LogP contribution in [0.3, 0.4) is 0 Å². The zero-order valence-electron chi connectivity index (χ0n) is 14.1. The highest BCUT2D eigenvalue weighted by Gasteiger charge is 2.12. The van der Waals surface area contributed by atoms with Crippen molar-refractivity contribution in [1.82, 2.24) is 0 Å². The van der Waals surface area contributed by atoms with Gasteiger partial charge in [-0.1, -0.05) is 32.0 Å². The molecule has 124 valence electrons. The number of para-hydroxylation sites is 1. The number of rotatable bonds is 10. The largest absolute Gasteiger partial charge is 0.465 e. The molecule has 0 radical (unpaired) electrons. The molecule has 0 heterocycles. The van der Waals surface area contributed by atoms with Gasteiger partial charge >= 0.3 is 5.97 Å². The summed E-state index contributed by atoms with van der Waals surface area (Å²) in [5.74, 6) is 1.08. The lowest BCUT2D eigenvalue weighted by Crippen LogP contribution is -2.17. The lowest BCUT2D eigenvalue weighted by atomic mass is 10.1. The van der Waals surface area contributed by atoms with Crippen molar-refractivity contribution in [3.8, 4) is 5.75 Å². The van der Waals surface area contributed by atoms with Gasteiger partial charge in [0.2, 0.25) is 0 Å². The Kier molecular flexibility index (Phi) is 8.60. The van der Waals surface area contributed by atoms with E-state index >= 15 is 0 Å². The highest BCUT2D eigenvalue weighted by molar-refractivity contribution is 5.73. The molecule has 1 aromatic rings. The molecule has 0 aromatic heterocycles. The first-order valence-electron chi connectivity index (χ1n) is 8.04. The van der Waals surface area contributed by atoms with Crippen molar-refractivity contribution in [1.29, 1.82) is 0 Å². The number of carbonyl (C=O) groups excluding carboxylic acids is 1. The Morgan fingerprint density at radius 1 is 1.18 bits per heavy atom. The third-order valence-corrected chi connectivity index (χ3v) is 3.19. The van der Waals surface area contributed by atoms with E-state index in [1.165, 1.54) is 0 Å². The van der Waals surface area contributed by atoms with Gasteiger partial charge in [-0.2, -0.15) is 0 Å². The number of carbonyl (C=O) groups is 1. The van der Waals surface area contributed by atoms with Crippen molar-refractivity contribution in [3.63, 3.8) is 0 Å². The van der Waals surface area contributed by atoms with Gasteiger partial charge in [0.25, 0.3) is 0 Å². The Morgan fingerprint density at radius 2 is 1.91 bits per heavy atom. The molecular formula is C18H28O4. The predicted octanol–water partition coefficient (Wildman–Crippen LogP) is 3.97. The van der Waals surface area contributed by atoms with E-state index in [1.807, 2.05) is 38.1 Å². The average molecular weight is 308 g/mol. The maximum Gasteiger partial charge on any atom is 0.310 e. The first kappa shape index (κ1) is 18.5. The van der Waals surface area contributed by atoms with Crippen LogP contribution in [0, 0.1) is 5.92 Å². The van der Waals surface area contributed by atoms with E-state index in [0.717, 1.165) is 18.4 Å². The van der Waals surface area contributed by atoms with Gasteiger partial charge < -0.3 is 14.2 Å². The Labute approximate surface area is 133 Å². The lowest BCUT2D eigenvalue weighted by Gasteiger charge is -2.17. The normalized spacial score (nSPS) is 12.2. The molecule has 1 aromatic carbocycles. The smallest absolute Gasteiger partial charge is 0.310 e. The summed E-state index contributed by atoms with van der Waals surface area (Å²) in [7, 11) is 0. The van der Waals surface area contributed by atoms with Crippen molar-refractivity contribution in [2.24, 2.45) is 5.92 Å². The fourth-order valence-electron chi connectivity index (χ4n) is 2.10. The van der Waals surface area contributed by atoms with Gasteiger partial charge in [-0.15, -0.1) is 0 Å². The van der Waals surface area contributed by atoms with Crippen LogP contribution in [0.4, 0.5) is 0 Å². The van der Waals surface area contributed by atoms with Crippen molar-refractivity contribution < 1.29 is 19.0 Å². The molecule has 0 saturated heterocycles. The van der Waals surface area contributed by atoms with E-state index in [0.29, 0.717) is 24.9 Å². The molecule has 1 rings (SSSR count). The Hall–Kier alpha value is -1.55. The van der Waals surface area contributed by atoms with E-state index < -0.39 is 0 Å². The van der Waals surface area contributed by atoms with Crippen LogP contribution in [0.15, 0.2) is 24.3 Å². The van der Waals surface area contributed by atoms with Gasteiger partial charge in [-0.05, 0) is 38.7 Å². The van der Waals surface area contributed by atoms with Gasteiger partial charge in [0.15, 0.2) is 6.29 Å². The Bertz CT molecular complexity index is 442. The Balaban J connectivity index is 2.48. The molecule has 1 atom stereocenters. The third kappa shape index (κ3) is 7.46. The molecule has 1 unspecified atom stereocenters. The van der Waals surface area contributed by atoms with E-state index in [2.05, 4.69) is 13.8 Å². The zero-order chi connectivity index (χ0) is 16.4. The summed E-state index contributed by atoms with van der Waals surface area (Å²) in [5.41, 5.74) is 0.822. The van der Waals surface area contributed by atoms with Gasteiger partial charge in [0.1, 0.15) is 5.75 Å². The van der Waals surface area contributed by atoms with Crippen LogP contribution in [-0.2, 0) is 20.7 Å². The summed E-state index contributed by atoms with van der Waals surface area (Å²) in [5, 5.41) is 0. The van der Waals surface area contributed by atoms with Crippen molar-refractivity contribution in [2.75, 3.05) is 13.2 Å². The summed E-state index contributed by atoms with van der Waals surface area (Å²) < 4.78 is 16.4. The van der Waals surface area contributed by atoms with Crippen molar-refractivity contribution in [3.05, 3.63) is 29.8 Å². The van der Waals surface area contributed by atoms with Crippen LogP contribution in [0.1, 0.15) is 46.1 Å². The number of hydrogen-bond donors (Lipinski definition) is 0. The van der Waals surface area contributed by atoms with Crippen LogP contribution in [0.5, 0.6) is 5.75 Å². The quantitative estimate of drug-likeness (QED) is 0.373. The average Bonchev–Trinajstić information content (AvgIpc) is 2.46.